The lowest BCUT2D eigenvalue weighted by molar-refractivity contribution is 0.199. The number of rotatable bonds is 2. The van der Waals surface area contributed by atoms with E-state index in [4.69, 9.17) is 10.5 Å². The van der Waals surface area contributed by atoms with Gasteiger partial charge in [-0.1, -0.05) is 19.3 Å². The van der Waals surface area contributed by atoms with Gasteiger partial charge in [-0.25, -0.2) is 0 Å². The summed E-state index contributed by atoms with van der Waals surface area (Å²) in [6, 6.07) is 4.72. The molecular formula is C16H22N4. The van der Waals surface area contributed by atoms with Crippen molar-refractivity contribution >= 4 is 0 Å². The summed E-state index contributed by atoms with van der Waals surface area (Å²) in [6.45, 7) is 1.62. The average Bonchev–Trinajstić information content (AvgIpc) is 2.84. The molecule has 1 saturated heterocycles. The van der Waals surface area contributed by atoms with Gasteiger partial charge in [0.25, 0.3) is 0 Å². The molecule has 1 aliphatic carbocycles. The Bertz CT molecular complexity index is 480. The van der Waals surface area contributed by atoms with Crippen LogP contribution >= 0.6 is 0 Å². The molecule has 2 aliphatic rings. The highest BCUT2D eigenvalue weighted by Crippen LogP contribution is 2.31. The highest BCUT2D eigenvalue weighted by molar-refractivity contribution is 5.52. The van der Waals surface area contributed by atoms with E-state index in [9.17, 15) is 0 Å². The van der Waals surface area contributed by atoms with E-state index in [0.717, 1.165) is 24.2 Å². The second-order valence-electron chi connectivity index (χ2n) is 5.89. The average molecular weight is 270 g/mol. The molecule has 1 aliphatic heterocycles. The van der Waals surface area contributed by atoms with Crippen LogP contribution in [0.2, 0.25) is 0 Å². The number of nitrogens with zero attached hydrogens (tertiary/aromatic N) is 4. The highest BCUT2D eigenvalue weighted by atomic mass is 15.2. The van der Waals surface area contributed by atoms with Crippen molar-refractivity contribution in [1.82, 2.24) is 9.80 Å². The predicted octanol–water partition coefficient (Wildman–Crippen LogP) is 2.42. The maximum Gasteiger partial charge on any atom is 0.134 e. The predicted molar refractivity (Wildman–Crippen MR) is 78.5 cm³/mol. The van der Waals surface area contributed by atoms with Gasteiger partial charge in [0, 0.05) is 45.0 Å². The van der Waals surface area contributed by atoms with E-state index < -0.39 is 0 Å². The monoisotopic (exact) mass is 270 g/mol. The molecule has 4 nitrogen and oxygen atoms in total. The van der Waals surface area contributed by atoms with Crippen molar-refractivity contribution in [2.24, 2.45) is 0 Å². The van der Waals surface area contributed by atoms with Crippen LogP contribution in [0.25, 0.3) is 0 Å². The molecule has 0 aromatic rings. The van der Waals surface area contributed by atoms with Crippen LogP contribution in [0.3, 0.4) is 0 Å². The van der Waals surface area contributed by atoms with Crippen LogP contribution in [0.1, 0.15) is 32.1 Å². The van der Waals surface area contributed by atoms with E-state index in [-0.39, 0.29) is 5.57 Å². The van der Waals surface area contributed by atoms with Crippen molar-refractivity contribution < 1.29 is 0 Å². The Morgan fingerprint density at radius 3 is 2.35 bits per heavy atom. The van der Waals surface area contributed by atoms with E-state index in [1.165, 1.54) is 32.1 Å². The van der Waals surface area contributed by atoms with Crippen molar-refractivity contribution in [2.75, 3.05) is 27.2 Å². The molecule has 1 heterocycles. The lowest BCUT2D eigenvalue weighted by Gasteiger charge is -2.30. The van der Waals surface area contributed by atoms with Crippen LogP contribution in [0.4, 0.5) is 0 Å². The van der Waals surface area contributed by atoms with E-state index >= 15 is 0 Å². The maximum absolute atomic E-state index is 9.15. The second-order valence-corrected chi connectivity index (χ2v) is 5.89. The summed E-state index contributed by atoms with van der Waals surface area (Å²) in [5.74, 6) is 0. The van der Waals surface area contributed by atoms with E-state index in [1.807, 2.05) is 25.2 Å². The third-order valence-electron chi connectivity index (χ3n) is 4.15. The first-order valence-electron chi connectivity index (χ1n) is 7.30. The van der Waals surface area contributed by atoms with Gasteiger partial charge in [-0.3, -0.25) is 4.90 Å². The van der Waals surface area contributed by atoms with Gasteiger partial charge >= 0.3 is 0 Å². The van der Waals surface area contributed by atoms with Crippen molar-refractivity contribution in [1.29, 1.82) is 10.5 Å². The Hall–Kier alpha value is -1.78. The smallest absolute Gasteiger partial charge is 0.134 e. The fourth-order valence-corrected chi connectivity index (χ4v) is 3.21. The topological polar surface area (TPSA) is 54.1 Å². The van der Waals surface area contributed by atoms with Gasteiger partial charge in [-0.15, -0.1) is 0 Å². The van der Waals surface area contributed by atoms with Gasteiger partial charge < -0.3 is 4.90 Å². The molecule has 0 unspecified atom stereocenters. The number of likely N-dealkylation sites (tertiary alicyclic amines) is 1. The molecule has 0 aromatic heterocycles. The van der Waals surface area contributed by atoms with Crippen LogP contribution in [-0.2, 0) is 0 Å². The second kappa shape index (κ2) is 6.59. The minimum atomic E-state index is 0.274. The van der Waals surface area contributed by atoms with E-state index in [2.05, 4.69) is 17.0 Å². The van der Waals surface area contributed by atoms with Crippen LogP contribution in [0.15, 0.2) is 22.9 Å². The van der Waals surface area contributed by atoms with Crippen molar-refractivity contribution in [3.8, 4) is 12.1 Å². The summed E-state index contributed by atoms with van der Waals surface area (Å²) < 4.78 is 0. The van der Waals surface area contributed by atoms with Gasteiger partial charge in [-0.2, -0.15) is 10.5 Å². The molecule has 0 amide bonds. The van der Waals surface area contributed by atoms with Crippen LogP contribution < -0.4 is 0 Å². The molecule has 2 rings (SSSR count). The van der Waals surface area contributed by atoms with Gasteiger partial charge in [0.15, 0.2) is 0 Å². The lowest BCUT2D eigenvalue weighted by atomic mass is 9.94. The molecule has 0 atom stereocenters. The standard InChI is InChI=1S/C16H22N4/c1-19(2)10-14-11-20(15-6-4-3-5-7-15)12-16(14)13(8-17)9-18/h10,15H,3-7,11-12H2,1-2H3/b14-10-. The summed E-state index contributed by atoms with van der Waals surface area (Å²) in [6.07, 6.45) is 8.49. The maximum atomic E-state index is 9.15. The first-order chi connectivity index (χ1) is 9.65. The molecule has 0 radical (unpaired) electrons. The Labute approximate surface area is 121 Å². The zero-order valence-corrected chi connectivity index (χ0v) is 12.4. The zero-order valence-electron chi connectivity index (χ0n) is 12.4. The van der Waals surface area contributed by atoms with Gasteiger partial charge in [0.05, 0.1) is 0 Å². The first kappa shape index (κ1) is 14.6. The Balaban J connectivity index is 2.25. The van der Waals surface area contributed by atoms with Gasteiger partial charge in [0.1, 0.15) is 17.7 Å². The highest BCUT2D eigenvalue weighted by Gasteiger charge is 2.30. The number of hydrogen-bond donors (Lipinski definition) is 0. The lowest BCUT2D eigenvalue weighted by Crippen LogP contribution is -2.34. The van der Waals surface area contributed by atoms with Gasteiger partial charge in [0.2, 0.25) is 0 Å². The van der Waals surface area contributed by atoms with E-state index in [0.29, 0.717) is 6.04 Å². The molecule has 0 bridgehead atoms. The normalized spacial score (nSPS) is 22.6. The molecule has 0 aromatic carbocycles. The molecule has 106 valence electrons. The number of nitriles is 2. The Morgan fingerprint density at radius 2 is 1.80 bits per heavy atom. The van der Waals surface area contributed by atoms with Crippen molar-refractivity contribution in [2.45, 2.75) is 38.1 Å². The van der Waals surface area contributed by atoms with Crippen LogP contribution in [0.5, 0.6) is 0 Å². The quantitative estimate of drug-likeness (QED) is 0.723. The molecule has 20 heavy (non-hydrogen) atoms. The molecule has 0 spiro atoms. The van der Waals surface area contributed by atoms with E-state index in [1.54, 1.807) is 0 Å². The summed E-state index contributed by atoms with van der Waals surface area (Å²) in [7, 11) is 3.96. The molecule has 2 fully saturated rings. The molecule has 1 saturated carbocycles. The fourth-order valence-electron chi connectivity index (χ4n) is 3.21. The van der Waals surface area contributed by atoms with Crippen molar-refractivity contribution in [3.63, 3.8) is 0 Å². The van der Waals surface area contributed by atoms with Crippen LogP contribution in [-0.4, -0.2) is 43.0 Å². The minimum Gasteiger partial charge on any atom is -0.383 e. The summed E-state index contributed by atoms with van der Waals surface area (Å²) in [5, 5.41) is 18.3. The summed E-state index contributed by atoms with van der Waals surface area (Å²) in [4.78, 5) is 4.44. The molecule has 0 N–H and O–H groups in total. The number of allylic oxidation sites excluding steroid dienone is 1. The third-order valence-corrected chi connectivity index (χ3v) is 4.15. The SMILES string of the molecule is CN(C)/C=C1/CN(C2CCCCC2)CC1=C(C#N)C#N. The van der Waals surface area contributed by atoms with Gasteiger partial charge in [-0.05, 0) is 18.4 Å². The molecule has 4 heteroatoms. The summed E-state index contributed by atoms with van der Waals surface area (Å²) >= 11 is 0. The third kappa shape index (κ3) is 3.21. The zero-order chi connectivity index (χ0) is 14.5. The Kier molecular flexibility index (Phi) is 4.82. The first-order valence-corrected chi connectivity index (χ1v) is 7.30. The Morgan fingerprint density at radius 1 is 1.15 bits per heavy atom. The minimum absolute atomic E-state index is 0.274. The number of hydrogen-bond acceptors (Lipinski definition) is 4. The molecular weight excluding hydrogens is 248 g/mol. The fraction of sp³-hybridized carbons (Fsp3) is 0.625. The van der Waals surface area contributed by atoms with Crippen LogP contribution in [0, 0.1) is 22.7 Å². The summed E-state index contributed by atoms with van der Waals surface area (Å²) in [5.41, 5.74) is 2.32. The largest absolute Gasteiger partial charge is 0.383 e. The van der Waals surface area contributed by atoms with Crippen molar-refractivity contribution in [3.05, 3.63) is 22.9 Å².